The SMILES string of the molecule is NC(=O)CC1CCN(CCOCCOc2ccccc2)CC1. The first kappa shape index (κ1) is 16.8. The van der Waals surface area contributed by atoms with Gasteiger partial charge in [-0.2, -0.15) is 0 Å². The van der Waals surface area contributed by atoms with E-state index in [4.69, 9.17) is 15.2 Å². The summed E-state index contributed by atoms with van der Waals surface area (Å²) < 4.78 is 11.2. The van der Waals surface area contributed by atoms with Crippen molar-refractivity contribution in [2.75, 3.05) is 39.5 Å². The highest BCUT2D eigenvalue weighted by molar-refractivity contribution is 5.73. The van der Waals surface area contributed by atoms with E-state index in [1.165, 1.54) is 0 Å². The number of hydrogen-bond acceptors (Lipinski definition) is 4. The zero-order chi connectivity index (χ0) is 15.6. The van der Waals surface area contributed by atoms with Crippen LogP contribution in [0.2, 0.25) is 0 Å². The van der Waals surface area contributed by atoms with E-state index in [1.807, 2.05) is 30.3 Å². The summed E-state index contributed by atoms with van der Waals surface area (Å²) in [7, 11) is 0. The molecule has 5 heteroatoms. The highest BCUT2D eigenvalue weighted by atomic mass is 16.5. The summed E-state index contributed by atoms with van der Waals surface area (Å²) in [6.45, 7) is 4.90. The summed E-state index contributed by atoms with van der Waals surface area (Å²) in [5.41, 5.74) is 5.24. The lowest BCUT2D eigenvalue weighted by Gasteiger charge is -2.31. The van der Waals surface area contributed by atoms with Crippen LogP contribution in [0.5, 0.6) is 5.75 Å². The van der Waals surface area contributed by atoms with Gasteiger partial charge >= 0.3 is 0 Å². The Morgan fingerprint density at radius 3 is 2.55 bits per heavy atom. The molecule has 5 nitrogen and oxygen atoms in total. The molecule has 0 aromatic heterocycles. The molecule has 1 aromatic rings. The van der Waals surface area contributed by atoms with Crippen LogP contribution in [0, 0.1) is 5.92 Å². The molecule has 0 atom stereocenters. The Bertz CT molecular complexity index is 431. The van der Waals surface area contributed by atoms with Crippen molar-refractivity contribution in [3.8, 4) is 5.75 Å². The third-order valence-corrected chi connectivity index (χ3v) is 3.99. The van der Waals surface area contributed by atoms with Gasteiger partial charge in [0.1, 0.15) is 12.4 Å². The van der Waals surface area contributed by atoms with Crippen molar-refractivity contribution in [2.24, 2.45) is 11.7 Å². The van der Waals surface area contributed by atoms with Crippen molar-refractivity contribution in [2.45, 2.75) is 19.3 Å². The number of ether oxygens (including phenoxy) is 2. The molecule has 1 aliphatic heterocycles. The molecule has 22 heavy (non-hydrogen) atoms. The molecule has 0 bridgehead atoms. The van der Waals surface area contributed by atoms with Crippen molar-refractivity contribution in [3.05, 3.63) is 30.3 Å². The smallest absolute Gasteiger partial charge is 0.217 e. The van der Waals surface area contributed by atoms with E-state index in [9.17, 15) is 4.79 Å². The van der Waals surface area contributed by atoms with Crippen LogP contribution in [0.1, 0.15) is 19.3 Å². The molecule has 0 aliphatic carbocycles. The Morgan fingerprint density at radius 2 is 1.86 bits per heavy atom. The summed E-state index contributed by atoms with van der Waals surface area (Å²) >= 11 is 0. The van der Waals surface area contributed by atoms with Gasteiger partial charge in [-0.25, -0.2) is 0 Å². The van der Waals surface area contributed by atoms with E-state index in [1.54, 1.807) is 0 Å². The molecule has 1 fully saturated rings. The first-order valence-electron chi connectivity index (χ1n) is 8.00. The summed E-state index contributed by atoms with van der Waals surface area (Å²) in [6, 6.07) is 9.76. The molecule has 2 rings (SSSR count). The molecule has 0 saturated carbocycles. The van der Waals surface area contributed by atoms with E-state index >= 15 is 0 Å². The van der Waals surface area contributed by atoms with E-state index in [0.29, 0.717) is 25.6 Å². The second-order valence-corrected chi connectivity index (χ2v) is 5.73. The number of carbonyl (C=O) groups excluding carboxylic acids is 1. The van der Waals surface area contributed by atoms with Gasteiger partial charge in [-0.3, -0.25) is 4.79 Å². The van der Waals surface area contributed by atoms with E-state index in [2.05, 4.69) is 4.90 Å². The topological polar surface area (TPSA) is 64.8 Å². The molecule has 122 valence electrons. The monoisotopic (exact) mass is 306 g/mol. The van der Waals surface area contributed by atoms with Gasteiger partial charge in [-0.1, -0.05) is 18.2 Å². The van der Waals surface area contributed by atoms with Crippen molar-refractivity contribution in [1.29, 1.82) is 0 Å². The molecule has 1 aromatic carbocycles. The second-order valence-electron chi connectivity index (χ2n) is 5.73. The molecule has 2 N–H and O–H groups in total. The van der Waals surface area contributed by atoms with Gasteiger partial charge < -0.3 is 20.1 Å². The normalized spacial score (nSPS) is 16.5. The van der Waals surface area contributed by atoms with Gasteiger partial charge in [0.2, 0.25) is 5.91 Å². The van der Waals surface area contributed by atoms with Crippen LogP contribution in [0.3, 0.4) is 0 Å². The van der Waals surface area contributed by atoms with Crippen LogP contribution in [0.25, 0.3) is 0 Å². The van der Waals surface area contributed by atoms with Gasteiger partial charge in [0.25, 0.3) is 0 Å². The van der Waals surface area contributed by atoms with Crippen LogP contribution >= 0.6 is 0 Å². The maximum Gasteiger partial charge on any atom is 0.217 e. The number of nitrogens with zero attached hydrogens (tertiary/aromatic N) is 1. The first-order chi connectivity index (χ1) is 10.7. The fraction of sp³-hybridized carbons (Fsp3) is 0.588. The Balaban J connectivity index is 1.47. The predicted molar refractivity (Wildman–Crippen MR) is 85.7 cm³/mol. The number of para-hydroxylation sites is 1. The molecule has 0 unspecified atom stereocenters. The fourth-order valence-corrected chi connectivity index (χ4v) is 2.73. The number of likely N-dealkylation sites (tertiary alicyclic amines) is 1. The molecule has 0 spiro atoms. The van der Waals surface area contributed by atoms with Gasteiger partial charge in [-0.05, 0) is 44.0 Å². The Kier molecular flexibility index (Phi) is 7.19. The Morgan fingerprint density at radius 1 is 1.14 bits per heavy atom. The fourth-order valence-electron chi connectivity index (χ4n) is 2.73. The van der Waals surface area contributed by atoms with Gasteiger partial charge in [-0.15, -0.1) is 0 Å². The molecular weight excluding hydrogens is 280 g/mol. The van der Waals surface area contributed by atoms with Crippen LogP contribution in [0.15, 0.2) is 30.3 Å². The standard InChI is InChI=1S/C17H26N2O3/c18-17(20)14-15-6-8-19(9-7-15)10-11-21-12-13-22-16-4-2-1-3-5-16/h1-5,15H,6-14H2,(H2,18,20). The molecule has 1 amide bonds. The Labute approximate surface area is 132 Å². The number of nitrogens with two attached hydrogens (primary N) is 1. The van der Waals surface area contributed by atoms with Crippen LogP contribution in [-0.2, 0) is 9.53 Å². The maximum atomic E-state index is 10.9. The minimum absolute atomic E-state index is 0.180. The highest BCUT2D eigenvalue weighted by Gasteiger charge is 2.20. The lowest BCUT2D eigenvalue weighted by atomic mass is 9.93. The molecule has 1 heterocycles. The lowest BCUT2D eigenvalue weighted by molar-refractivity contribution is -0.119. The number of rotatable bonds is 9. The minimum Gasteiger partial charge on any atom is -0.491 e. The third-order valence-electron chi connectivity index (χ3n) is 3.99. The number of benzene rings is 1. The van der Waals surface area contributed by atoms with Gasteiger partial charge in [0.05, 0.1) is 13.2 Å². The number of hydrogen-bond donors (Lipinski definition) is 1. The predicted octanol–water partition coefficient (Wildman–Crippen LogP) is 1.67. The molecular formula is C17H26N2O3. The van der Waals surface area contributed by atoms with Crippen molar-refractivity contribution in [1.82, 2.24) is 4.90 Å². The van der Waals surface area contributed by atoms with Crippen LogP contribution < -0.4 is 10.5 Å². The molecule has 1 saturated heterocycles. The number of primary amides is 1. The number of amides is 1. The first-order valence-corrected chi connectivity index (χ1v) is 8.00. The lowest BCUT2D eigenvalue weighted by Crippen LogP contribution is -2.37. The average Bonchev–Trinajstić information content (AvgIpc) is 2.53. The average molecular weight is 306 g/mol. The Hall–Kier alpha value is -1.59. The summed E-state index contributed by atoms with van der Waals surface area (Å²) in [5, 5.41) is 0. The zero-order valence-corrected chi connectivity index (χ0v) is 13.1. The largest absolute Gasteiger partial charge is 0.491 e. The molecule has 1 aliphatic rings. The van der Waals surface area contributed by atoms with Crippen molar-refractivity contribution >= 4 is 5.91 Å². The summed E-state index contributed by atoms with van der Waals surface area (Å²) in [6.07, 6.45) is 2.64. The summed E-state index contributed by atoms with van der Waals surface area (Å²) in [5.74, 6) is 1.16. The van der Waals surface area contributed by atoms with Crippen molar-refractivity contribution in [3.63, 3.8) is 0 Å². The highest BCUT2D eigenvalue weighted by Crippen LogP contribution is 2.19. The third kappa shape index (κ3) is 6.45. The number of carbonyl (C=O) groups is 1. The minimum atomic E-state index is -0.180. The van der Waals surface area contributed by atoms with E-state index in [-0.39, 0.29) is 5.91 Å². The summed E-state index contributed by atoms with van der Waals surface area (Å²) in [4.78, 5) is 13.3. The quantitative estimate of drug-likeness (QED) is 0.705. The van der Waals surface area contributed by atoms with Crippen LogP contribution in [-0.4, -0.2) is 50.3 Å². The zero-order valence-electron chi connectivity index (χ0n) is 13.1. The van der Waals surface area contributed by atoms with Gasteiger partial charge in [0.15, 0.2) is 0 Å². The second kappa shape index (κ2) is 9.43. The number of piperidine rings is 1. The molecule has 0 radical (unpaired) electrons. The van der Waals surface area contributed by atoms with Gasteiger partial charge in [0, 0.05) is 13.0 Å². The van der Waals surface area contributed by atoms with E-state index in [0.717, 1.165) is 44.8 Å². The van der Waals surface area contributed by atoms with Crippen molar-refractivity contribution < 1.29 is 14.3 Å². The van der Waals surface area contributed by atoms with Crippen LogP contribution in [0.4, 0.5) is 0 Å². The maximum absolute atomic E-state index is 10.9. The van der Waals surface area contributed by atoms with E-state index < -0.39 is 0 Å².